The predicted molar refractivity (Wildman–Crippen MR) is 136 cm³/mol. The Balaban J connectivity index is 1.47. The van der Waals surface area contributed by atoms with E-state index in [9.17, 15) is 26.4 Å². The maximum absolute atomic E-state index is 13.1. The van der Waals surface area contributed by atoms with E-state index in [4.69, 9.17) is 13.3 Å². The standard InChI is InChI=1S/C27H23F3N2O6S/c1-36-22-13-9-21(10-14-22)31-26(33)32(18-24-5-3-15-37-24)17-19-7-11-23(12-8-19)38-39(34,35)25-6-2-4-20(16-25)27(28,29)30/h2-16H,17-18H2,1H3,(H,31,33). The Morgan fingerprint density at radius 1 is 0.923 bits per heavy atom. The summed E-state index contributed by atoms with van der Waals surface area (Å²) in [5, 5.41) is 2.81. The number of hydrogen-bond acceptors (Lipinski definition) is 6. The van der Waals surface area contributed by atoms with Crippen LogP contribution in [0, 0.1) is 0 Å². The smallest absolute Gasteiger partial charge is 0.416 e. The lowest BCUT2D eigenvalue weighted by molar-refractivity contribution is -0.137. The van der Waals surface area contributed by atoms with E-state index in [1.54, 1.807) is 48.5 Å². The lowest BCUT2D eigenvalue weighted by Gasteiger charge is -2.22. The molecule has 204 valence electrons. The predicted octanol–water partition coefficient (Wildman–Crippen LogP) is 6.31. The highest BCUT2D eigenvalue weighted by Gasteiger charge is 2.32. The second-order valence-corrected chi connectivity index (χ2v) is 9.85. The van der Waals surface area contributed by atoms with Crippen LogP contribution in [0.1, 0.15) is 16.9 Å². The fourth-order valence-electron chi connectivity index (χ4n) is 3.54. The number of carbonyl (C=O) groups excluding carboxylic acids is 1. The molecule has 0 unspecified atom stereocenters. The van der Waals surface area contributed by atoms with Gasteiger partial charge in [-0.05, 0) is 72.3 Å². The molecule has 1 aromatic heterocycles. The molecular formula is C27H23F3N2O6S. The Morgan fingerprint density at radius 3 is 2.23 bits per heavy atom. The zero-order valence-electron chi connectivity index (χ0n) is 20.5. The second kappa shape index (κ2) is 11.5. The highest BCUT2D eigenvalue weighted by molar-refractivity contribution is 7.87. The van der Waals surface area contributed by atoms with Crippen molar-refractivity contribution in [3.63, 3.8) is 0 Å². The highest BCUT2D eigenvalue weighted by atomic mass is 32.2. The van der Waals surface area contributed by atoms with Gasteiger partial charge in [0.15, 0.2) is 0 Å². The third-order valence-corrected chi connectivity index (χ3v) is 6.75. The number of carbonyl (C=O) groups is 1. The van der Waals surface area contributed by atoms with Crippen molar-refractivity contribution in [2.75, 3.05) is 12.4 Å². The number of alkyl halides is 3. The number of hydrogen-bond donors (Lipinski definition) is 1. The summed E-state index contributed by atoms with van der Waals surface area (Å²) in [4.78, 5) is 13.9. The van der Waals surface area contributed by atoms with Gasteiger partial charge in [0.1, 0.15) is 22.2 Å². The number of nitrogens with zero attached hydrogens (tertiary/aromatic N) is 1. The number of ether oxygens (including phenoxy) is 1. The summed E-state index contributed by atoms with van der Waals surface area (Å²) in [6.07, 6.45) is -3.21. The van der Waals surface area contributed by atoms with Crippen LogP contribution >= 0.6 is 0 Å². The van der Waals surface area contributed by atoms with Gasteiger partial charge in [-0.3, -0.25) is 0 Å². The SMILES string of the molecule is COc1ccc(NC(=O)N(Cc2ccc(OS(=O)(=O)c3cccc(C(F)(F)F)c3)cc2)Cc2ccco2)cc1. The van der Waals surface area contributed by atoms with Crippen molar-refractivity contribution < 1.29 is 39.7 Å². The molecule has 39 heavy (non-hydrogen) atoms. The van der Waals surface area contributed by atoms with Crippen molar-refractivity contribution in [3.8, 4) is 11.5 Å². The van der Waals surface area contributed by atoms with E-state index in [0.717, 1.165) is 18.2 Å². The zero-order chi connectivity index (χ0) is 28.0. The van der Waals surface area contributed by atoms with Crippen LogP contribution in [-0.2, 0) is 29.4 Å². The van der Waals surface area contributed by atoms with E-state index < -0.39 is 32.8 Å². The topological polar surface area (TPSA) is 98.1 Å². The Morgan fingerprint density at radius 2 is 1.62 bits per heavy atom. The van der Waals surface area contributed by atoms with Crippen LogP contribution < -0.4 is 14.2 Å². The molecule has 8 nitrogen and oxygen atoms in total. The van der Waals surface area contributed by atoms with Gasteiger partial charge in [-0.1, -0.05) is 18.2 Å². The minimum Gasteiger partial charge on any atom is -0.497 e. The molecule has 0 spiro atoms. The van der Waals surface area contributed by atoms with Crippen LogP contribution in [0.2, 0.25) is 0 Å². The molecule has 1 N–H and O–H groups in total. The molecule has 0 saturated carbocycles. The molecule has 0 aliphatic carbocycles. The lowest BCUT2D eigenvalue weighted by Crippen LogP contribution is -2.33. The molecule has 1 heterocycles. The van der Waals surface area contributed by atoms with Crippen LogP contribution in [0.3, 0.4) is 0 Å². The van der Waals surface area contributed by atoms with Gasteiger partial charge >= 0.3 is 22.3 Å². The summed E-state index contributed by atoms with van der Waals surface area (Å²) in [5.41, 5.74) is 0.0798. The largest absolute Gasteiger partial charge is 0.497 e. The zero-order valence-corrected chi connectivity index (χ0v) is 21.3. The fourth-order valence-corrected chi connectivity index (χ4v) is 4.52. The van der Waals surface area contributed by atoms with E-state index in [1.807, 2.05) is 0 Å². The van der Waals surface area contributed by atoms with E-state index >= 15 is 0 Å². The van der Waals surface area contributed by atoms with Crippen molar-refractivity contribution in [1.82, 2.24) is 4.90 Å². The van der Waals surface area contributed by atoms with Crippen LogP contribution in [0.25, 0.3) is 0 Å². The van der Waals surface area contributed by atoms with Gasteiger partial charge in [0, 0.05) is 12.2 Å². The van der Waals surface area contributed by atoms with Gasteiger partial charge in [0.05, 0.1) is 25.5 Å². The number of amides is 2. The van der Waals surface area contributed by atoms with Gasteiger partial charge < -0.3 is 23.6 Å². The summed E-state index contributed by atoms with van der Waals surface area (Å²) in [6, 6.07) is 18.9. The molecule has 0 atom stereocenters. The van der Waals surface area contributed by atoms with Crippen molar-refractivity contribution in [2.24, 2.45) is 0 Å². The maximum atomic E-state index is 13.1. The van der Waals surface area contributed by atoms with Crippen LogP contribution in [0.15, 0.2) is 101 Å². The minimum atomic E-state index is -4.70. The van der Waals surface area contributed by atoms with E-state index in [1.165, 1.54) is 30.4 Å². The molecule has 3 aromatic carbocycles. The maximum Gasteiger partial charge on any atom is 0.416 e. The molecule has 0 aliphatic rings. The molecule has 0 aliphatic heterocycles. The van der Waals surface area contributed by atoms with Gasteiger partial charge in [0.2, 0.25) is 0 Å². The van der Waals surface area contributed by atoms with Gasteiger partial charge in [-0.15, -0.1) is 0 Å². The van der Waals surface area contributed by atoms with Gasteiger partial charge in [0.25, 0.3) is 0 Å². The van der Waals surface area contributed by atoms with Crippen molar-refractivity contribution in [3.05, 3.63) is 108 Å². The first-order valence-electron chi connectivity index (χ1n) is 11.5. The van der Waals surface area contributed by atoms with Crippen LogP contribution in [-0.4, -0.2) is 26.5 Å². The Labute approximate surface area is 222 Å². The first kappa shape index (κ1) is 27.6. The molecule has 2 amide bonds. The van der Waals surface area contributed by atoms with E-state index in [2.05, 4.69) is 5.32 Å². The highest BCUT2D eigenvalue weighted by Crippen LogP contribution is 2.31. The Kier molecular flexibility index (Phi) is 8.15. The molecule has 0 radical (unpaired) electrons. The van der Waals surface area contributed by atoms with Crippen LogP contribution in [0.5, 0.6) is 11.5 Å². The first-order chi connectivity index (χ1) is 18.5. The Hall–Kier alpha value is -4.45. The van der Waals surface area contributed by atoms with E-state index in [0.29, 0.717) is 28.8 Å². The lowest BCUT2D eigenvalue weighted by atomic mass is 10.2. The molecule has 12 heteroatoms. The number of halogens is 3. The first-order valence-corrected chi connectivity index (χ1v) is 12.9. The number of anilines is 1. The number of nitrogens with one attached hydrogen (secondary N) is 1. The fraction of sp³-hybridized carbons (Fsp3) is 0.148. The average Bonchev–Trinajstić information content (AvgIpc) is 3.42. The third-order valence-electron chi connectivity index (χ3n) is 5.51. The molecular weight excluding hydrogens is 537 g/mol. The monoisotopic (exact) mass is 560 g/mol. The van der Waals surface area contributed by atoms with Gasteiger partial charge in [-0.2, -0.15) is 21.6 Å². The summed E-state index contributed by atoms with van der Waals surface area (Å²) in [6.45, 7) is 0.278. The number of benzene rings is 3. The van der Waals surface area contributed by atoms with E-state index in [-0.39, 0.29) is 18.8 Å². The third kappa shape index (κ3) is 7.32. The molecule has 4 rings (SSSR count). The number of furan rings is 1. The number of rotatable bonds is 9. The Bertz CT molecular complexity index is 1500. The van der Waals surface area contributed by atoms with Crippen LogP contribution in [0.4, 0.5) is 23.7 Å². The summed E-state index contributed by atoms with van der Waals surface area (Å²) in [5.74, 6) is 1.08. The molecule has 0 bridgehead atoms. The van der Waals surface area contributed by atoms with Crippen molar-refractivity contribution in [1.29, 1.82) is 0 Å². The van der Waals surface area contributed by atoms with Gasteiger partial charge in [-0.25, -0.2) is 4.79 Å². The van der Waals surface area contributed by atoms with Crippen molar-refractivity contribution in [2.45, 2.75) is 24.2 Å². The number of methoxy groups -OCH3 is 1. The average molecular weight is 561 g/mol. The summed E-state index contributed by atoms with van der Waals surface area (Å²) in [7, 11) is -2.98. The number of urea groups is 1. The molecule has 0 fully saturated rings. The second-order valence-electron chi connectivity index (χ2n) is 8.30. The summed E-state index contributed by atoms with van der Waals surface area (Å²) < 4.78 is 79.6. The summed E-state index contributed by atoms with van der Waals surface area (Å²) >= 11 is 0. The normalized spacial score (nSPS) is 11.6. The quantitative estimate of drug-likeness (QED) is 0.241. The van der Waals surface area contributed by atoms with Crippen molar-refractivity contribution >= 4 is 21.8 Å². The minimum absolute atomic E-state index is 0.101. The molecule has 0 saturated heterocycles. The molecule has 4 aromatic rings.